The van der Waals surface area contributed by atoms with Gasteiger partial charge in [0.1, 0.15) is 0 Å². The lowest BCUT2D eigenvalue weighted by Crippen LogP contribution is -2.55. The molecule has 0 aliphatic heterocycles. The van der Waals surface area contributed by atoms with Gasteiger partial charge in [-0.05, 0) is 62.7 Å². The Bertz CT molecular complexity index is 510. The summed E-state index contributed by atoms with van der Waals surface area (Å²) in [4.78, 5) is 23.1. The standard InChI is InChI=1S/C18H26O5/c1-12(2)16(21)22-8-15(20)23-11-18-6-13-3-14(7-18)5-17(4-13,9-18)10-19/h13-14,19H,1,3-11H2,2H3. The quantitative estimate of drug-likeness (QED) is 0.600. The van der Waals surface area contributed by atoms with Gasteiger partial charge in [-0.15, -0.1) is 0 Å². The van der Waals surface area contributed by atoms with E-state index in [2.05, 4.69) is 6.58 Å². The summed E-state index contributed by atoms with van der Waals surface area (Å²) in [5.41, 5.74) is 0.327. The summed E-state index contributed by atoms with van der Waals surface area (Å²) in [5.74, 6) is 0.232. The van der Waals surface area contributed by atoms with Crippen molar-refractivity contribution in [2.75, 3.05) is 19.8 Å². The van der Waals surface area contributed by atoms with Crippen LogP contribution in [-0.4, -0.2) is 36.9 Å². The summed E-state index contributed by atoms with van der Waals surface area (Å²) in [6, 6.07) is 0. The summed E-state index contributed by atoms with van der Waals surface area (Å²) in [6.07, 6.45) is 6.61. The molecule has 0 aromatic heterocycles. The van der Waals surface area contributed by atoms with Crippen LogP contribution in [0.25, 0.3) is 0 Å². The molecule has 5 heteroatoms. The maximum absolute atomic E-state index is 11.8. The van der Waals surface area contributed by atoms with E-state index in [0.717, 1.165) is 32.1 Å². The zero-order chi connectivity index (χ0) is 16.7. The van der Waals surface area contributed by atoms with E-state index in [-0.39, 0.29) is 29.6 Å². The zero-order valence-electron chi connectivity index (χ0n) is 13.8. The second kappa shape index (κ2) is 5.93. The first-order valence-electron chi connectivity index (χ1n) is 8.45. The van der Waals surface area contributed by atoms with Crippen LogP contribution in [0.2, 0.25) is 0 Å². The van der Waals surface area contributed by atoms with E-state index >= 15 is 0 Å². The third-order valence-corrected chi connectivity index (χ3v) is 5.85. The van der Waals surface area contributed by atoms with Crippen LogP contribution >= 0.6 is 0 Å². The van der Waals surface area contributed by atoms with Crippen molar-refractivity contribution in [3.8, 4) is 0 Å². The van der Waals surface area contributed by atoms with Crippen LogP contribution in [0.1, 0.15) is 45.4 Å². The van der Waals surface area contributed by atoms with E-state index in [9.17, 15) is 14.7 Å². The largest absolute Gasteiger partial charge is 0.463 e. The van der Waals surface area contributed by atoms with Crippen molar-refractivity contribution in [1.82, 2.24) is 0 Å². The number of esters is 2. The number of carbonyl (C=O) groups excluding carboxylic acids is 2. The van der Waals surface area contributed by atoms with Crippen LogP contribution in [0.5, 0.6) is 0 Å². The third kappa shape index (κ3) is 3.30. The average Bonchev–Trinajstić information content (AvgIpc) is 2.49. The van der Waals surface area contributed by atoms with Crippen LogP contribution < -0.4 is 0 Å². The molecule has 0 saturated heterocycles. The lowest BCUT2D eigenvalue weighted by molar-refractivity contribution is -0.174. The molecule has 23 heavy (non-hydrogen) atoms. The van der Waals surface area contributed by atoms with E-state index in [4.69, 9.17) is 9.47 Å². The second-order valence-corrected chi connectivity index (χ2v) is 8.14. The first kappa shape index (κ1) is 16.5. The predicted octanol–water partition coefficient (Wildman–Crippen LogP) is 2.23. The van der Waals surface area contributed by atoms with Crippen LogP contribution in [0.3, 0.4) is 0 Å². The second-order valence-electron chi connectivity index (χ2n) is 8.14. The fourth-order valence-electron chi connectivity index (χ4n) is 5.53. The van der Waals surface area contributed by atoms with Gasteiger partial charge in [-0.3, -0.25) is 0 Å². The molecule has 4 rings (SSSR count). The Morgan fingerprint density at radius 2 is 1.74 bits per heavy atom. The Hall–Kier alpha value is -1.36. The SMILES string of the molecule is C=C(C)C(=O)OCC(=O)OCC12CC3CC(CC(CO)(C3)C1)C2. The van der Waals surface area contributed by atoms with Gasteiger partial charge in [0.25, 0.3) is 0 Å². The Kier molecular flexibility index (Phi) is 4.25. The Morgan fingerprint density at radius 1 is 1.13 bits per heavy atom. The van der Waals surface area contributed by atoms with E-state index in [1.165, 1.54) is 13.3 Å². The minimum atomic E-state index is -0.573. The molecular weight excluding hydrogens is 296 g/mol. The monoisotopic (exact) mass is 322 g/mol. The van der Waals surface area contributed by atoms with Crippen molar-refractivity contribution in [1.29, 1.82) is 0 Å². The highest BCUT2D eigenvalue weighted by Crippen LogP contribution is 2.65. The number of hydrogen-bond acceptors (Lipinski definition) is 5. The maximum Gasteiger partial charge on any atom is 0.344 e. The fourth-order valence-corrected chi connectivity index (χ4v) is 5.53. The van der Waals surface area contributed by atoms with Gasteiger partial charge >= 0.3 is 11.9 Å². The van der Waals surface area contributed by atoms with Crippen molar-refractivity contribution >= 4 is 11.9 Å². The molecule has 0 spiro atoms. The first-order valence-corrected chi connectivity index (χ1v) is 8.45. The number of hydrogen-bond donors (Lipinski definition) is 1. The molecular formula is C18H26O5. The minimum Gasteiger partial charge on any atom is -0.463 e. The summed E-state index contributed by atoms with van der Waals surface area (Å²) >= 11 is 0. The van der Waals surface area contributed by atoms with Crippen molar-refractivity contribution in [2.45, 2.75) is 45.4 Å². The molecule has 0 heterocycles. The fraction of sp³-hybridized carbons (Fsp3) is 0.778. The molecule has 2 unspecified atom stereocenters. The Morgan fingerprint density at radius 3 is 2.30 bits per heavy atom. The molecule has 0 radical (unpaired) electrons. The number of aliphatic hydroxyl groups excluding tert-OH is 1. The van der Waals surface area contributed by atoms with Gasteiger partial charge < -0.3 is 14.6 Å². The Balaban J connectivity index is 1.55. The van der Waals surface area contributed by atoms with Crippen LogP contribution in [-0.2, 0) is 19.1 Å². The maximum atomic E-state index is 11.8. The highest BCUT2D eigenvalue weighted by Gasteiger charge is 2.57. The Labute approximate surface area is 137 Å². The summed E-state index contributed by atoms with van der Waals surface area (Å²) in [7, 11) is 0. The number of aliphatic hydroxyl groups is 1. The van der Waals surface area contributed by atoms with E-state index in [0.29, 0.717) is 18.4 Å². The van der Waals surface area contributed by atoms with E-state index in [1.54, 1.807) is 0 Å². The van der Waals surface area contributed by atoms with Gasteiger partial charge in [-0.1, -0.05) is 6.58 Å². The molecule has 0 amide bonds. The molecule has 5 nitrogen and oxygen atoms in total. The van der Waals surface area contributed by atoms with Crippen LogP contribution in [0.4, 0.5) is 0 Å². The first-order chi connectivity index (χ1) is 10.9. The summed E-state index contributed by atoms with van der Waals surface area (Å²) < 4.78 is 10.2. The zero-order valence-corrected chi connectivity index (χ0v) is 13.8. The van der Waals surface area contributed by atoms with Crippen LogP contribution in [0.15, 0.2) is 12.2 Å². The van der Waals surface area contributed by atoms with Gasteiger partial charge in [0.15, 0.2) is 6.61 Å². The van der Waals surface area contributed by atoms with Crippen LogP contribution in [0, 0.1) is 22.7 Å². The van der Waals surface area contributed by atoms with E-state index in [1.807, 2.05) is 0 Å². The number of rotatable bonds is 6. The lowest BCUT2D eigenvalue weighted by Gasteiger charge is -2.61. The van der Waals surface area contributed by atoms with Crippen molar-refractivity contribution < 1.29 is 24.2 Å². The summed E-state index contributed by atoms with van der Waals surface area (Å²) in [5, 5.41) is 9.85. The lowest BCUT2D eigenvalue weighted by atomic mass is 9.44. The van der Waals surface area contributed by atoms with Gasteiger partial charge in [0, 0.05) is 17.6 Å². The van der Waals surface area contributed by atoms with Gasteiger partial charge in [-0.25, -0.2) is 9.59 Å². The molecule has 0 aromatic carbocycles. The molecule has 4 fully saturated rings. The molecule has 4 bridgehead atoms. The topological polar surface area (TPSA) is 72.8 Å². The molecule has 1 N–H and O–H groups in total. The summed E-state index contributed by atoms with van der Waals surface area (Å²) in [6.45, 7) is 5.27. The average molecular weight is 322 g/mol. The minimum absolute atomic E-state index is 0.0147. The molecule has 128 valence electrons. The molecule has 0 aromatic rings. The molecule has 4 saturated carbocycles. The van der Waals surface area contributed by atoms with Gasteiger partial charge in [0.2, 0.25) is 0 Å². The smallest absolute Gasteiger partial charge is 0.344 e. The molecule has 4 aliphatic carbocycles. The van der Waals surface area contributed by atoms with Crippen molar-refractivity contribution in [3.63, 3.8) is 0 Å². The van der Waals surface area contributed by atoms with Gasteiger partial charge in [0.05, 0.1) is 6.61 Å². The predicted molar refractivity (Wildman–Crippen MR) is 83.4 cm³/mol. The number of carbonyl (C=O) groups is 2. The van der Waals surface area contributed by atoms with Gasteiger partial charge in [-0.2, -0.15) is 0 Å². The van der Waals surface area contributed by atoms with E-state index < -0.39 is 11.9 Å². The third-order valence-electron chi connectivity index (χ3n) is 5.85. The highest BCUT2D eigenvalue weighted by atomic mass is 16.6. The molecule has 4 aliphatic rings. The highest BCUT2D eigenvalue weighted by molar-refractivity contribution is 5.88. The van der Waals surface area contributed by atoms with Crippen molar-refractivity contribution in [3.05, 3.63) is 12.2 Å². The number of ether oxygens (including phenoxy) is 2. The van der Waals surface area contributed by atoms with Crippen molar-refractivity contribution in [2.24, 2.45) is 22.7 Å². The molecule has 2 atom stereocenters. The normalized spacial score (nSPS) is 37.5.